The van der Waals surface area contributed by atoms with Crippen molar-refractivity contribution in [3.05, 3.63) is 41.4 Å². The zero-order chi connectivity index (χ0) is 16.4. The van der Waals surface area contributed by atoms with Crippen LogP contribution in [0.3, 0.4) is 0 Å². The molecular formula is C17H18N2O3S. The first-order valence-electron chi connectivity index (χ1n) is 7.58. The van der Waals surface area contributed by atoms with E-state index in [0.717, 1.165) is 10.6 Å². The van der Waals surface area contributed by atoms with Crippen LogP contribution in [-0.4, -0.2) is 40.0 Å². The molecule has 1 aliphatic rings. The highest BCUT2D eigenvalue weighted by Gasteiger charge is 2.32. The molecule has 2 atom stereocenters. The van der Waals surface area contributed by atoms with Crippen LogP contribution in [0.4, 0.5) is 0 Å². The van der Waals surface area contributed by atoms with Gasteiger partial charge in [-0.05, 0) is 12.3 Å². The number of carbonyl (C=O) groups is 2. The number of aliphatic carboxylic acids is 1. The highest BCUT2D eigenvalue weighted by molar-refractivity contribution is 7.16. The second-order valence-electron chi connectivity index (χ2n) is 5.98. The minimum atomic E-state index is -0.830. The highest BCUT2D eigenvalue weighted by atomic mass is 32.1. The normalized spacial score (nSPS) is 21.2. The third-order valence-corrected chi connectivity index (χ3v) is 5.07. The van der Waals surface area contributed by atoms with Gasteiger partial charge in [-0.25, -0.2) is 4.98 Å². The Hall–Kier alpha value is -2.21. The second kappa shape index (κ2) is 6.50. The van der Waals surface area contributed by atoms with Gasteiger partial charge in [0.15, 0.2) is 0 Å². The van der Waals surface area contributed by atoms with E-state index in [1.807, 2.05) is 37.3 Å². The average molecular weight is 330 g/mol. The number of piperidine rings is 1. The molecule has 0 bridgehead atoms. The summed E-state index contributed by atoms with van der Waals surface area (Å²) in [6.07, 6.45) is 2.21. The van der Waals surface area contributed by atoms with Crippen LogP contribution in [0.1, 0.15) is 23.0 Å². The molecule has 120 valence electrons. The number of likely N-dealkylation sites (tertiary alicyclic amines) is 1. The Morgan fingerprint density at radius 3 is 2.70 bits per heavy atom. The molecule has 0 radical (unpaired) electrons. The zero-order valence-electron chi connectivity index (χ0n) is 12.8. The summed E-state index contributed by atoms with van der Waals surface area (Å²) in [5, 5.41) is 10.0. The number of carboxylic acids is 1. The Bertz CT molecular complexity index is 714. The van der Waals surface area contributed by atoms with E-state index in [2.05, 4.69) is 4.98 Å². The largest absolute Gasteiger partial charge is 0.481 e. The van der Waals surface area contributed by atoms with Crippen molar-refractivity contribution in [3.63, 3.8) is 0 Å². The van der Waals surface area contributed by atoms with Crippen molar-refractivity contribution in [2.45, 2.75) is 13.3 Å². The SMILES string of the molecule is CC1CC(C(=O)O)CN(C(=O)c2cnc(-c3ccccc3)s2)C1. The molecule has 0 spiro atoms. The number of benzene rings is 1. The third kappa shape index (κ3) is 3.42. The first kappa shape index (κ1) is 15.7. The number of thiazole rings is 1. The summed E-state index contributed by atoms with van der Waals surface area (Å²) in [4.78, 5) is 30.4. The Labute approximate surface area is 138 Å². The van der Waals surface area contributed by atoms with Crippen LogP contribution in [0.15, 0.2) is 36.5 Å². The standard InChI is InChI=1S/C17H18N2O3S/c1-11-7-13(17(21)22)10-19(9-11)16(20)14-8-18-15(23-14)12-5-3-2-4-6-12/h2-6,8,11,13H,7,9-10H2,1H3,(H,21,22). The molecule has 1 fully saturated rings. The van der Waals surface area contributed by atoms with E-state index in [9.17, 15) is 14.7 Å². The fraction of sp³-hybridized carbons (Fsp3) is 0.353. The number of carboxylic acid groups (broad SMARTS) is 1. The molecule has 6 heteroatoms. The van der Waals surface area contributed by atoms with Crippen molar-refractivity contribution in [3.8, 4) is 10.6 Å². The third-order valence-electron chi connectivity index (χ3n) is 4.03. The smallest absolute Gasteiger partial charge is 0.308 e. The molecule has 3 rings (SSSR count). The Morgan fingerprint density at radius 1 is 1.26 bits per heavy atom. The van der Waals surface area contributed by atoms with Gasteiger partial charge in [0.1, 0.15) is 9.88 Å². The molecule has 0 saturated carbocycles. The minimum absolute atomic E-state index is 0.123. The summed E-state index contributed by atoms with van der Waals surface area (Å²) < 4.78 is 0. The zero-order valence-corrected chi connectivity index (χ0v) is 13.6. The molecule has 0 aliphatic carbocycles. The van der Waals surface area contributed by atoms with Gasteiger partial charge in [-0.3, -0.25) is 9.59 Å². The molecule has 2 unspecified atom stereocenters. The van der Waals surface area contributed by atoms with Crippen molar-refractivity contribution >= 4 is 23.2 Å². The van der Waals surface area contributed by atoms with Crippen molar-refractivity contribution in [2.24, 2.45) is 11.8 Å². The van der Waals surface area contributed by atoms with Crippen molar-refractivity contribution in [1.29, 1.82) is 0 Å². The number of amides is 1. The first-order valence-corrected chi connectivity index (χ1v) is 8.39. The van der Waals surface area contributed by atoms with E-state index in [4.69, 9.17) is 0 Å². The lowest BCUT2D eigenvalue weighted by atomic mass is 9.90. The number of aromatic nitrogens is 1. The van der Waals surface area contributed by atoms with Crippen LogP contribution < -0.4 is 0 Å². The van der Waals surface area contributed by atoms with Gasteiger partial charge in [-0.1, -0.05) is 37.3 Å². The molecule has 1 aromatic carbocycles. The van der Waals surface area contributed by atoms with E-state index in [0.29, 0.717) is 17.8 Å². The first-order chi connectivity index (χ1) is 11.0. The number of carbonyl (C=O) groups excluding carboxylic acids is 1. The van der Waals surface area contributed by atoms with Crippen molar-refractivity contribution < 1.29 is 14.7 Å². The number of hydrogen-bond acceptors (Lipinski definition) is 4. The lowest BCUT2D eigenvalue weighted by Crippen LogP contribution is -2.45. The highest BCUT2D eigenvalue weighted by Crippen LogP contribution is 2.28. The Kier molecular flexibility index (Phi) is 4.43. The number of rotatable bonds is 3. The predicted molar refractivity (Wildman–Crippen MR) is 88.4 cm³/mol. The van der Waals surface area contributed by atoms with Crippen LogP contribution in [0.5, 0.6) is 0 Å². The summed E-state index contributed by atoms with van der Waals surface area (Å²) in [6.45, 7) is 2.86. The predicted octanol–water partition coefficient (Wildman–Crippen LogP) is 2.99. The molecule has 1 amide bonds. The van der Waals surface area contributed by atoms with Gasteiger partial charge in [-0.15, -0.1) is 11.3 Å². The van der Waals surface area contributed by atoms with Crippen LogP contribution in [0.25, 0.3) is 10.6 Å². The summed E-state index contributed by atoms with van der Waals surface area (Å²) in [6, 6.07) is 9.71. The summed E-state index contributed by atoms with van der Waals surface area (Å²) in [7, 11) is 0. The van der Waals surface area contributed by atoms with Crippen LogP contribution in [0.2, 0.25) is 0 Å². The lowest BCUT2D eigenvalue weighted by Gasteiger charge is -2.34. The second-order valence-corrected chi connectivity index (χ2v) is 7.01. The maximum atomic E-state index is 12.7. The monoisotopic (exact) mass is 330 g/mol. The maximum absolute atomic E-state index is 12.7. The minimum Gasteiger partial charge on any atom is -0.481 e. The number of hydrogen-bond donors (Lipinski definition) is 1. The van der Waals surface area contributed by atoms with Gasteiger partial charge in [0.2, 0.25) is 0 Å². The molecule has 1 aliphatic heterocycles. The van der Waals surface area contributed by atoms with Crippen LogP contribution >= 0.6 is 11.3 Å². The maximum Gasteiger partial charge on any atom is 0.308 e. The van der Waals surface area contributed by atoms with Crippen LogP contribution in [0, 0.1) is 11.8 Å². The molecule has 1 saturated heterocycles. The van der Waals surface area contributed by atoms with E-state index in [-0.39, 0.29) is 18.4 Å². The summed E-state index contributed by atoms with van der Waals surface area (Å²) in [5.74, 6) is -1.24. The van der Waals surface area contributed by atoms with Gasteiger partial charge < -0.3 is 10.0 Å². The van der Waals surface area contributed by atoms with Crippen molar-refractivity contribution in [1.82, 2.24) is 9.88 Å². The molecule has 2 heterocycles. The average Bonchev–Trinajstić information content (AvgIpc) is 3.04. The molecule has 1 aromatic heterocycles. The molecular weight excluding hydrogens is 312 g/mol. The topological polar surface area (TPSA) is 70.5 Å². The quantitative estimate of drug-likeness (QED) is 0.939. The molecule has 2 aromatic rings. The summed E-state index contributed by atoms with van der Waals surface area (Å²) in [5.41, 5.74) is 0.979. The fourth-order valence-electron chi connectivity index (χ4n) is 2.94. The Morgan fingerprint density at radius 2 is 2.00 bits per heavy atom. The van der Waals surface area contributed by atoms with Gasteiger partial charge in [0.05, 0.1) is 12.1 Å². The van der Waals surface area contributed by atoms with E-state index >= 15 is 0 Å². The van der Waals surface area contributed by atoms with E-state index < -0.39 is 11.9 Å². The molecule has 5 nitrogen and oxygen atoms in total. The van der Waals surface area contributed by atoms with E-state index in [1.165, 1.54) is 11.3 Å². The molecule has 23 heavy (non-hydrogen) atoms. The van der Waals surface area contributed by atoms with Gasteiger partial charge in [-0.2, -0.15) is 0 Å². The van der Waals surface area contributed by atoms with Crippen molar-refractivity contribution in [2.75, 3.05) is 13.1 Å². The molecule has 1 N–H and O–H groups in total. The van der Waals surface area contributed by atoms with E-state index in [1.54, 1.807) is 11.1 Å². The van der Waals surface area contributed by atoms with Crippen LogP contribution in [-0.2, 0) is 4.79 Å². The summed E-state index contributed by atoms with van der Waals surface area (Å²) >= 11 is 1.35. The Balaban J connectivity index is 1.78. The van der Waals surface area contributed by atoms with Gasteiger partial charge >= 0.3 is 5.97 Å². The van der Waals surface area contributed by atoms with Gasteiger partial charge in [0.25, 0.3) is 5.91 Å². The number of nitrogens with zero attached hydrogens (tertiary/aromatic N) is 2. The van der Waals surface area contributed by atoms with Gasteiger partial charge in [0, 0.05) is 18.7 Å². The lowest BCUT2D eigenvalue weighted by molar-refractivity contribution is -0.143. The fourth-order valence-corrected chi connectivity index (χ4v) is 3.83.